The van der Waals surface area contributed by atoms with Crippen LogP contribution in [0.15, 0.2) is 53.1 Å². The molecule has 0 saturated carbocycles. The van der Waals surface area contributed by atoms with E-state index in [0.717, 1.165) is 11.3 Å². The average Bonchev–Trinajstić information content (AvgIpc) is 3.05. The Bertz CT molecular complexity index is 792. The zero-order valence-corrected chi connectivity index (χ0v) is 11.7. The first kappa shape index (κ1) is 13.8. The Hall–Kier alpha value is -3.15. The van der Waals surface area contributed by atoms with Gasteiger partial charge in [-0.25, -0.2) is 4.79 Å². The van der Waals surface area contributed by atoms with Crippen LogP contribution < -0.4 is 4.74 Å². The third-order valence-electron chi connectivity index (χ3n) is 3.15. The predicted octanol–water partition coefficient (Wildman–Crippen LogP) is 3.11. The fourth-order valence-corrected chi connectivity index (χ4v) is 1.95. The van der Waals surface area contributed by atoms with Crippen LogP contribution in [0.4, 0.5) is 0 Å². The van der Waals surface area contributed by atoms with E-state index in [2.05, 4.69) is 10.1 Å². The van der Waals surface area contributed by atoms with Crippen LogP contribution in [0.3, 0.4) is 0 Å². The van der Waals surface area contributed by atoms with Crippen molar-refractivity contribution >= 4 is 5.97 Å². The van der Waals surface area contributed by atoms with Gasteiger partial charge in [0.15, 0.2) is 0 Å². The van der Waals surface area contributed by atoms with Gasteiger partial charge in [0.1, 0.15) is 5.75 Å². The maximum atomic E-state index is 10.8. The molecule has 3 aromatic rings. The second kappa shape index (κ2) is 5.69. The molecule has 0 atom stereocenters. The Balaban J connectivity index is 1.87. The molecule has 0 aliphatic rings. The van der Waals surface area contributed by atoms with E-state index in [1.807, 2.05) is 24.3 Å². The minimum absolute atomic E-state index is 0.207. The Labute approximate surface area is 126 Å². The van der Waals surface area contributed by atoms with Gasteiger partial charge >= 0.3 is 5.97 Å². The minimum atomic E-state index is -0.976. The van der Waals surface area contributed by atoms with Gasteiger partial charge in [-0.1, -0.05) is 5.16 Å². The van der Waals surface area contributed by atoms with Crippen molar-refractivity contribution in [2.45, 2.75) is 0 Å². The molecular formula is C16H12N2O4. The number of rotatable bonds is 4. The van der Waals surface area contributed by atoms with E-state index in [0.29, 0.717) is 17.3 Å². The molecule has 6 nitrogen and oxygen atoms in total. The van der Waals surface area contributed by atoms with E-state index in [-0.39, 0.29) is 5.56 Å². The van der Waals surface area contributed by atoms with Gasteiger partial charge in [-0.2, -0.15) is 4.98 Å². The first-order chi connectivity index (χ1) is 10.7. The molecule has 1 heterocycles. The number of carbonyl (C=O) groups is 1. The number of ether oxygens (including phenoxy) is 1. The lowest BCUT2D eigenvalue weighted by molar-refractivity contribution is 0.0697. The molecule has 0 fully saturated rings. The molecule has 110 valence electrons. The first-order valence-electron chi connectivity index (χ1n) is 6.49. The third-order valence-corrected chi connectivity index (χ3v) is 3.15. The van der Waals surface area contributed by atoms with Crippen LogP contribution in [0.2, 0.25) is 0 Å². The lowest BCUT2D eigenvalue weighted by Crippen LogP contribution is -1.94. The highest BCUT2D eigenvalue weighted by Crippen LogP contribution is 2.24. The molecule has 0 radical (unpaired) electrons. The van der Waals surface area contributed by atoms with Crippen molar-refractivity contribution in [2.75, 3.05) is 7.11 Å². The molecule has 2 aromatic carbocycles. The van der Waals surface area contributed by atoms with E-state index in [1.165, 1.54) is 12.1 Å². The SMILES string of the molecule is COc1ccc(-c2noc(-c3ccc(C(=O)O)cc3)n2)cc1. The lowest BCUT2D eigenvalue weighted by Gasteiger charge is -1.99. The van der Waals surface area contributed by atoms with Crippen molar-refractivity contribution in [3.63, 3.8) is 0 Å². The predicted molar refractivity (Wildman–Crippen MR) is 78.7 cm³/mol. The second-order valence-electron chi connectivity index (χ2n) is 4.53. The standard InChI is InChI=1S/C16H12N2O4/c1-21-13-8-6-10(7-9-13)14-17-15(22-18-14)11-2-4-12(5-3-11)16(19)20/h2-9H,1H3,(H,19,20). The van der Waals surface area contributed by atoms with Crippen molar-refractivity contribution in [3.05, 3.63) is 54.1 Å². The maximum absolute atomic E-state index is 10.8. The lowest BCUT2D eigenvalue weighted by atomic mass is 10.1. The van der Waals surface area contributed by atoms with Crippen molar-refractivity contribution in [1.29, 1.82) is 0 Å². The summed E-state index contributed by atoms with van der Waals surface area (Å²) in [5.74, 6) is 0.565. The summed E-state index contributed by atoms with van der Waals surface area (Å²) in [7, 11) is 1.60. The Morgan fingerprint density at radius 1 is 1.05 bits per heavy atom. The summed E-state index contributed by atoms with van der Waals surface area (Å²) in [6.45, 7) is 0. The third kappa shape index (κ3) is 2.67. The van der Waals surface area contributed by atoms with Gasteiger partial charge in [0.25, 0.3) is 5.89 Å². The Kier molecular flexibility index (Phi) is 3.57. The summed E-state index contributed by atoms with van der Waals surface area (Å²) < 4.78 is 10.3. The van der Waals surface area contributed by atoms with E-state index in [9.17, 15) is 4.79 Å². The van der Waals surface area contributed by atoms with Crippen LogP contribution >= 0.6 is 0 Å². The number of benzene rings is 2. The zero-order valence-electron chi connectivity index (χ0n) is 11.7. The van der Waals surface area contributed by atoms with Gasteiger partial charge in [-0.3, -0.25) is 0 Å². The van der Waals surface area contributed by atoms with Gasteiger partial charge in [0.05, 0.1) is 12.7 Å². The molecule has 1 N–H and O–H groups in total. The summed E-state index contributed by atoms with van der Waals surface area (Å²) in [5, 5.41) is 12.8. The molecule has 22 heavy (non-hydrogen) atoms. The molecule has 3 rings (SSSR count). The second-order valence-corrected chi connectivity index (χ2v) is 4.53. The van der Waals surface area contributed by atoms with Crippen molar-refractivity contribution in [3.8, 4) is 28.6 Å². The highest BCUT2D eigenvalue weighted by molar-refractivity contribution is 5.88. The highest BCUT2D eigenvalue weighted by atomic mass is 16.5. The summed E-state index contributed by atoms with van der Waals surface area (Å²) in [6.07, 6.45) is 0. The number of hydrogen-bond donors (Lipinski definition) is 1. The summed E-state index contributed by atoms with van der Waals surface area (Å²) in [5.41, 5.74) is 1.67. The first-order valence-corrected chi connectivity index (χ1v) is 6.49. The summed E-state index contributed by atoms with van der Waals surface area (Å²) in [4.78, 5) is 15.1. The number of carboxylic acid groups (broad SMARTS) is 1. The minimum Gasteiger partial charge on any atom is -0.497 e. The molecule has 0 aliphatic heterocycles. The average molecular weight is 296 g/mol. The number of aromatic carboxylic acids is 1. The molecule has 0 saturated heterocycles. The van der Waals surface area contributed by atoms with Crippen LogP contribution in [0, 0.1) is 0 Å². The smallest absolute Gasteiger partial charge is 0.335 e. The zero-order chi connectivity index (χ0) is 15.5. The number of carboxylic acids is 1. The van der Waals surface area contributed by atoms with Crippen molar-refractivity contribution in [2.24, 2.45) is 0 Å². The molecule has 6 heteroatoms. The normalized spacial score (nSPS) is 10.4. The molecule has 0 spiro atoms. The molecule has 0 unspecified atom stereocenters. The van der Waals surface area contributed by atoms with Crippen molar-refractivity contribution in [1.82, 2.24) is 10.1 Å². The van der Waals surface area contributed by atoms with Gasteiger partial charge in [-0.05, 0) is 48.5 Å². The summed E-state index contributed by atoms with van der Waals surface area (Å²) in [6, 6.07) is 13.6. The topological polar surface area (TPSA) is 85.5 Å². The Morgan fingerprint density at radius 3 is 2.27 bits per heavy atom. The number of methoxy groups -OCH3 is 1. The van der Waals surface area contributed by atoms with E-state index in [4.69, 9.17) is 14.4 Å². The van der Waals surface area contributed by atoms with Crippen molar-refractivity contribution < 1.29 is 19.2 Å². The largest absolute Gasteiger partial charge is 0.497 e. The van der Waals surface area contributed by atoms with Crippen LogP contribution in [-0.2, 0) is 0 Å². The van der Waals surface area contributed by atoms with E-state index >= 15 is 0 Å². The molecule has 0 aliphatic carbocycles. The monoisotopic (exact) mass is 296 g/mol. The van der Waals surface area contributed by atoms with Gasteiger partial charge in [0.2, 0.25) is 5.82 Å². The fourth-order valence-electron chi connectivity index (χ4n) is 1.95. The van der Waals surface area contributed by atoms with Gasteiger partial charge < -0.3 is 14.4 Å². The van der Waals surface area contributed by atoms with E-state index in [1.54, 1.807) is 19.2 Å². The molecule has 1 aromatic heterocycles. The fraction of sp³-hybridized carbons (Fsp3) is 0.0625. The quantitative estimate of drug-likeness (QED) is 0.796. The number of aromatic nitrogens is 2. The van der Waals surface area contributed by atoms with Crippen LogP contribution in [0.25, 0.3) is 22.8 Å². The van der Waals surface area contributed by atoms with Crippen LogP contribution in [-0.4, -0.2) is 28.3 Å². The van der Waals surface area contributed by atoms with Crippen LogP contribution in [0.1, 0.15) is 10.4 Å². The molecule has 0 amide bonds. The van der Waals surface area contributed by atoms with Gasteiger partial charge in [0, 0.05) is 11.1 Å². The summed E-state index contributed by atoms with van der Waals surface area (Å²) >= 11 is 0. The maximum Gasteiger partial charge on any atom is 0.335 e. The highest BCUT2D eigenvalue weighted by Gasteiger charge is 2.11. The molecule has 0 bridgehead atoms. The van der Waals surface area contributed by atoms with E-state index < -0.39 is 5.97 Å². The Morgan fingerprint density at radius 2 is 1.68 bits per heavy atom. The number of hydrogen-bond acceptors (Lipinski definition) is 5. The van der Waals surface area contributed by atoms with Crippen LogP contribution in [0.5, 0.6) is 5.75 Å². The molecular weight excluding hydrogens is 284 g/mol. The number of nitrogens with zero attached hydrogens (tertiary/aromatic N) is 2. The van der Waals surface area contributed by atoms with Gasteiger partial charge in [-0.15, -0.1) is 0 Å².